The summed E-state index contributed by atoms with van der Waals surface area (Å²) in [5.41, 5.74) is 23.8. The van der Waals surface area contributed by atoms with Crippen LogP contribution < -0.4 is 9.80 Å². The van der Waals surface area contributed by atoms with E-state index in [0.29, 0.717) is 0 Å². The molecule has 88 heavy (non-hydrogen) atoms. The van der Waals surface area contributed by atoms with Gasteiger partial charge in [-0.1, -0.05) is 291 Å². The average molecular weight is 1120 g/mol. The Labute approximate surface area is 516 Å². The van der Waals surface area contributed by atoms with E-state index in [9.17, 15) is 0 Å². The van der Waals surface area contributed by atoms with Gasteiger partial charge in [0.2, 0.25) is 0 Å². The van der Waals surface area contributed by atoms with Crippen molar-refractivity contribution < 1.29 is 0 Å². The number of anilines is 6. The zero-order valence-corrected chi connectivity index (χ0v) is 48.7. The Hall–Kier alpha value is -11.6. The largest absolute Gasteiger partial charge is 0.311 e. The minimum atomic E-state index is 1.12. The zero-order chi connectivity index (χ0) is 58.9. The van der Waals surface area contributed by atoms with Gasteiger partial charge in [-0.3, -0.25) is 0 Å². The lowest BCUT2D eigenvalue weighted by molar-refractivity contribution is 1.28. The standard InChI is InChI=1S/C46H33N.C40H29N/c1-3-11-34(12-4-1)40-15-9-16-41(33-40)37-27-31-44(32-28-37)47(42-17-5-2-6-18-42)43-29-25-36(26-30-43)35-21-23-39(24-22-35)46-20-10-14-38-13-7-8-19-45(38)46;1-3-11-30(12-4-1)34-15-9-16-35(29-34)31-21-25-37(26-22-31)41(36-17-5-2-6-18-36)38-27-23-33(24-28-38)40-20-10-14-32-13-7-8-19-39(32)40/h1-33H;1-29H. The molecule has 0 aliphatic rings. The van der Waals surface area contributed by atoms with Gasteiger partial charge in [0.05, 0.1) is 0 Å². The molecular formula is C86H62N2. The van der Waals surface area contributed by atoms with E-state index in [1.54, 1.807) is 0 Å². The molecule has 0 N–H and O–H groups in total. The zero-order valence-electron chi connectivity index (χ0n) is 48.7. The molecule has 0 aliphatic carbocycles. The van der Waals surface area contributed by atoms with Crippen molar-refractivity contribution >= 4 is 55.7 Å². The highest BCUT2D eigenvalue weighted by Gasteiger charge is 2.16. The first-order valence-corrected chi connectivity index (χ1v) is 30.1. The number of hydrogen-bond acceptors (Lipinski definition) is 2. The van der Waals surface area contributed by atoms with Crippen molar-refractivity contribution in [1.82, 2.24) is 0 Å². The van der Waals surface area contributed by atoms with E-state index in [4.69, 9.17) is 0 Å². The summed E-state index contributed by atoms with van der Waals surface area (Å²) in [7, 11) is 0. The summed E-state index contributed by atoms with van der Waals surface area (Å²) in [6.45, 7) is 0. The van der Waals surface area contributed by atoms with Gasteiger partial charge in [-0.2, -0.15) is 0 Å². The van der Waals surface area contributed by atoms with E-state index in [0.717, 1.165) is 34.1 Å². The van der Waals surface area contributed by atoms with Gasteiger partial charge in [-0.15, -0.1) is 0 Å². The average Bonchev–Trinajstić information content (AvgIpc) is 3.17. The van der Waals surface area contributed by atoms with Crippen LogP contribution >= 0.6 is 0 Å². The number of hydrogen-bond donors (Lipinski definition) is 0. The molecule has 0 radical (unpaired) electrons. The van der Waals surface area contributed by atoms with Crippen molar-refractivity contribution in [1.29, 1.82) is 0 Å². The molecule has 15 rings (SSSR count). The topological polar surface area (TPSA) is 6.48 Å². The Morgan fingerprint density at radius 1 is 0.136 bits per heavy atom. The molecule has 0 saturated heterocycles. The predicted molar refractivity (Wildman–Crippen MR) is 375 cm³/mol. The van der Waals surface area contributed by atoms with Crippen molar-refractivity contribution in [3.8, 4) is 77.9 Å². The summed E-state index contributed by atoms with van der Waals surface area (Å²) in [5, 5.41) is 5.07. The third kappa shape index (κ3) is 11.8. The van der Waals surface area contributed by atoms with Crippen LogP contribution in [0.2, 0.25) is 0 Å². The number of nitrogens with zero attached hydrogens (tertiary/aromatic N) is 2. The fourth-order valence-corrected chi connectivity index (χ4v) is 12.1. The first-order valence-electron chi connectivity index (χ1n) is 30.1. The van der Waals surface area contributed by atoms with Crippen LogP contribution in [0.4, 0.5) is 34.1 Å². The molecule has 15 aromatic rings. The molecular weight excluding hydrogens is 1060 g/mol. The van der Waals surface area contributed by atoms with E-state index in [1.807, 2.05) is 0 Å². The second-order valence-electron chi connectivity index (χ2n) is 22.1. The van der Waals surface area contributed by atoms with E-state index >= 15 is 0 Å². The van der Waals surface area contributed by atoms with Gasteiger partial charge >= 0.3 is 0 Å². The summed E-state index contributed by atoms with van der Waals surface area (Å²) < 4.78 is 0. The maximum Gasteiger partial charge on any atom is 0.0462 e. The first-order chi connectivity index (χ1) is 43.6. The van der Waals surface area contributed by atoms with E-state index in [-0.39, 0.29) is 0 Å². The van der Waals surface area contributed by atoms with Gasteiger partial charge < -0.3 is 9.80 Å². The molecule has 0 fully saturated rings. The van der Waals surface area contributed by atoms with Gasteiger partial charge in [-0.05, 0) is 184 Å². The Morgan fingerprint density at radius 3 is 0.705 bits per heavy atom. The quantitative estimate of drug-likeness (QED) is 0.114. The van der Waals surface area contributed by atoms with E-state index in [1.165, 1.54) is 99.4 Å². The molecule has 0 atom stereocenters. The second kappa shape index (κ2) is 25.3. The summed E-state index contributed by atoms with van der Waals surface area (Å²) in [6.07, 6.45) is 0. The smallest absolute Gasteiger partial charge is 0.0462 e. The van der Waals surface area contributed by atoms with Gasteiger partial charge in [0.25, 0.3) is 0 Å². The lowest BCUT2D eigenvalue weighted by Crippen LogP contribution is -2.09. The van der Waals surface area contributed by atoms with Gasteiger partial charge in [0, 0.05) is 34.1 Å². The molecule has 0 aromatic heterocycles. The summed E-state index contributed by atoms with van der Waals surface area (Å²) in [5.74, 6) is 0. The van der Waals surface area contributed by atoms with Crippen LogP contribution in [0.25, 0.3) is 99.4 Å². The Bertz CT molecular complexity index is 4770. The highest BCUT2D eigenvalue weighted by molar-refractivity contribution is 5.98. The SMILES string of the molecule is c1ccc(-c2cccc(-c3ccc(N(c4ccccc4)c4ccc(-c5ccc(-c6cccc7ccccc67)cc5)cc4)cc3)c2)cc1.c1ccc(-c2cccc(-c3ccc(N(c4ccccc4)c4ccc(-c5cccc6ccccc56)cc4)cc3)c2)cc1. The molecule has 416 valence electrons. The molecule has 0 aliphatic heterocycles. The number of fused-ring (bicyclic) bond motifs is 2. The van der Waals surface area contributed by atoms with Gasteiger partial charge in [0.15, 0.2) is 0 Å². The van der Waals surface area contributed by atoms with Crippen molar-refractivity contribution in [3.63, 3.8) is 0 Å². The molecule has 15 aromatic carbocycles. The van der Waals surface area contributed by atoms with E-state index < -0.39 is 0 Å². The normalized spacial score (nSPS) is 11.0. The highest BCUT2D eigenvalue weighted by atomic mass is 15.1. The molecule has 2 heteroatoms. The molecule has 0 unspecified atom stereocenters. The maximum absolute atomic E-state index is 2.32. The summed E-state index contributed by atoms with van der Waals surface area (Å²) in [6, 6.07) is 134. The van der Waals surface area contributed by atoms with Crippen LogP contribution in [-0.2, 0) is 0 Å². The Morgan fingerprint density at radius 2 is 0.352 bits per heavy atom. The second-order valence-corrected chi connectivity index (χ2v) is 22.1. The van der Waals surface area contributed by atoms with Crippen LogP contribution in [0.15, 0.2) is 376 Å². The number of rotatable bonds is 13. The molecule has 0 spiro atoms. The lowest BCUT2D eigenvalue weighted by atomic mass is 9.96. The van der Waals surface area contributed by atoms with Crippen LogP contribution in [0.3, 0.4) is 0 Å². The molecule has 0 bridgehead atoms. The first kappa shape index (κ1) is 54.4. The summed E-state index contributed by atoms with van der Waals surface area (Å²) in [4.78, 5) is 4.63. The highest BCUT2D eigenvalue weighted by Crippen LogP contribution is 2.41. The van der Waals surface area contributed by atoms with Crippen LogP contribution in [0.5, 0.6) is 0 Å². The minimum Gasteiger partial charge on any atom is -0.311 e. The summed E-state index contributed by atoms with van der Waals surface area (Å²) >= 11 is 0. The maximum atomic E-state index is 2.32. The third-order valence-electron chi connectivity index (χ3n) is 16.6. The number of benzene rings is 15. The van der Waals surface area contributed by atoms with Crippen molar-refractivity contribution in [2.75, 3.05) is 9.80 Å². The third-order valence-corrected chi connectivity index (χ3v) is 16.6. The van der Waals surface area contributed by atoms with E-state index in [2.05, 4.69) is 386 Å². The molecule has 2 nitrogen and oxygen atoms in total. The van der Waals surface area contributed by atoms with Gasteiger partial charge in [-0.25, -0.2) is 0 Å². The molecule has 0 saturated carbocycles. The Balaban J connectivity index is 0.000000156. The predicted octanol–water partition coefficient (Wildman–Crippen LogP) is 24.3. The fourth-order valence-electron chi connectivity index (χ4n) is 12.1. The lowest BCUT2D eigenvalue weighted by Gasteiger charge is -2.26. The number of para-hydroxylation sites is 2. The van der Waals surface area contributed by atoms with Crippen LogP contribution in [-0.4, -0.2) is 0 Å². The molecule has 0 heterocycles. The fraction of sp³-hybridized carbons (Fsp3) is 0. The van der Waals surface area contributed by atoms with Crippen molar-refractivity contribution in [3.05, 3.63) is 376 Å². The molecule has 0 amide bonds. The van der Waals surface area contributed by atoms with Crippen molar-refractivity contribution in [2.45, 2.75) is 0 Å². The van der Waals surface area contributed by atoms with Crippen LogP contribution in [0, 0.1) is 0 Å². The monoisotopic (exact) mass is 1120 g/mol. The Kier molecular flexibility index (Phi) is 15.6. The van der Waals surface area contributed by atoms with Crippen LogP contribution in [0.1, 0.15) is 0 Å². The minimum absolute atomic E-state index is 1.12. The van der Waals surface area contributed by atoms with Crippen molar-refractivity contribution in [2.24, 2.45) is 0 Å². The van der Waals surface area contributed by atoms with Gasteiger partial charge in [0.1, 0.15) is 0 Å².